The van der Waals surface area contributed by atoms with Gasteiger partial charge in [0.1, 0.15) is 0 Å². The van der Waals surface area contributed by atoms with E-state index in [0.717, 1.165) is 17.7 Å². The smallest absolute Gasteiger partial charge is 0.335 e. The number of rotatable bonds is 5. The molecule has 4 rings (SSSR count). The van der Waals surface area contributed by atoms with Crippen LogP contribution in [0.15, 0.2) is 78.9 Å². The molecule has 29 heavy (non-hydrogen) atoms. The molecule has 3 aromatic rings. The molecule has 1 aliphatic carbocycles. The molecule has 0 aliphatic heterocycles. The van der Waals surface area contributed by atoms with Gasteiger partial charge in [-0.25, -0.2) is 4.79 Å². The Morgan fingerprint density at radius 3 is 2.52 bits per heavy atom. The third-order valence-electron chi connectivity index (χ3n) is 5.42. The van der Waals surface area contributed by atoms with Gasteiger partial charge in [0.25, 0.3) is 0 Å². The molecule has 146 valence electrons. The molecule has 0 radical (unpaired) electrons. The highest BCUT2D eigenvalue weighted by atomic mass is 16.4. The number of allylic oxidation sites excluding steroid dienone is 4. The topological polar surface area (TPSA) is 49.3 Å². The van der Waals surface area contributed by atoms with E-state index in [1.54, 1.807) is 12.1 Å². The molecule has 0 fully saturated rings. The molecule has 1 aliphatic rings. The zero-order valence-electron chi connectivity index (χ0n) is 16.8. The van der Waals surface area contributed by atoms with Crippen LogP contribution < -0.4 is 5.32 Å². The van der Waals surface area contributed by atoms with E-state index in [1.807, 2.05) is 12.1 Å². The van der Waals surface area contributed by atoms with Crippen LogP contribution in [-0.2, 0) is 6.54 Å². The maximum Gasteiger partial charge on any atom is 0.335 e. The van der Waals surface area contributed by atoms with E-state index in [2.05, 4.69) is 73.8 Å². The van der Waals surface area contributed by atoms with Crippen molar-refractivity contribution in [1.29, 1.82) is 0 Å². The van der Waals surface area contributed by atoms with Crippen molar-refractivity contribution in [3.05, 3.63) is 95.6 Å². The summed E-state index contributed by atoms with van der Waals surface area (Å²) in [6.45, 7) is 5.16. The van der Waals surface area contributed by atoms with Gasteiger partial charge >= 0.3 is 5.97 Å². The molecule has 3 heteroatoms. The van der Waals surface area contributed by atoms with Crippen LogP contribution >= 0.6 is 0 Å². The van der Waals surface area contributed by atoms with Gasteiger partial charge in [0, 0.05) is 17.8 Å². The van der Waals surface area contributed by atoms with E-state index in [-0.39, 0.29) is 5.41 Å². The van der Waals surface area contributed by atoms with Gasteiger partial charge in [-0.15, -0.1) is 0 Å². The van der Waals surface area contributed by atoms with Gasteiger partial charge in [0.05, 0.1) is 5.56 Å². The molecule has 2 N–H and O–H groups in total. The Hall–Kier alpha value is -3.33. The van der Waals surface area contributed by atoms with Crippen molar-refractivity contribution < 1.29 is 9.90 Å². The normalized spacial score (nSPS) is 15.2. The fraction of sp³-hybridized carbons (Fsp3) is 0.192. The first kappa shape index (κ1) is 19.0. The average molecular weight is 383 g/mol. The molecule has 0 unspecified atom stereocenters. The molecular formula is C26H25NO2. The largest absolute Gasteiger partial charge is 0.478 e. The van der Waals surface area contributed by atoms with Crippen LogP contribution in [0.3, 0.4) is 0 Å². The number of hydrogen-bond acceptors (Lipinski definition) is 2. The van der Waals surface area contributed by atoms with Crippen molar-refractivity contribution in [2.24, 2.45) is 5.41 Å². The molecule has 0 spiro atoms. The van der Waals surface area contributed by atoms with Crippen LogP contribution in [0.4, 0.5) is 5.69 Å². The van der Waals surface area contributed by atoms with Crippen molar-refractivity contribution in [2.45, 2.75) is 26.8 Å². The lowest BCUT2D eigenvalue weighted by molar-refractivity contribution is 0.0697. The number of carboxylic acid groups (broad SMARTS) is 1. The van der Waals surface area contributed by atoms with E-state index in [4.69, 9.17) is 5.11 Å². The number of fused-ring (bicyclic) bond motifs is 1. The van der Waals surface area contributed by atoms with Gasteiger partial charge in [-0.1, -0.05) is 74.5 Å². The second kappa shape index (κ2) is 7.59. The SMILES string of the molecule is CC1(C)C=CC=C(c2c(NCc3ccc(C(=O)O)cc3)ccc3ccccc23)C1. The number of benzene rings is 3. The Balaban J connectivity index is 1.70. The summed E-state index contributed by atoms with van der Waals surface area (Å²) in [6, 6.07) is 19.8. The number of nitrogens with one attached hydrogen (secondary N) is 1. The zero-order chi connectivity index (χ0) is 20.4. The van der Waals surface area contributed by atoms with E-state index >= 15 is 0 Å². The van der Waals surface area contributed by atoms with Crippen molar-refractivity contribution in [3.8, 4) is 0 Å². The molecular weight excluding hydrogens is 358 g/mol. The van der Waals surface area contributed by atoms with Crippen LogP contribution in [0, 0.1) is 5.41 Å². The third kappa shape index (κ3) is 4.09. The fourth-order valence-corrected chi connectivity index (χ4v) is 3.93. The maximum absolute atomic E-state index is 11.1. The summed E-state index contributed by atoms with van der Waals surface area (Å²) < 4.78 is 0. The summed E-state index contributed by atoms with van der Waals surface area (Å²) in [5.74, 6) is -0.902. The van der Waals surface area contributed by atoms with Crippen LogP contribution in [0.5, 0.6) is 0 Å². The van der Waals surface area contributed by atoms with E-state index in [1.165, 1.54) is 21.9 Å². The second-order valence-electron chi connectivity index (χ2n) is 8.28. The molecule has 0 bridgehead atoms. The van der Waals surface area contributed by atoms with E-state index in [9.17, 15) is 4.79 Å². The number of carbonyl (C=O) groups is 1. The Morgan fingerprint density at radius 1 is 1.03 bits per heavy atom. The lowest BCUT2D eigenvalue weighted by Crippen LogP contribution is -2.12. The first-order valence-corrected chi connectivity index (χ1v) is 9.90. The van der Waals surface area contributed by atoms with Crippen molar-refractivity contribution in [1.82, 2.24) is 0 Å². The number of hydrogen-bond donors (Lipinski definition) is 2. The highest BCUT2D eigenvalue weighted by Crippen LogP contribution is 2.41. The quantitative estimate of drug-likeness (QED) is 0.527. The predicted molar refractivity (Wildman–Crippen MR) is 120 cm³/mol. The summed E-state index contributed by atoms with van der Waals surface area (Å²) in [6.07, 6.45) is 7.63. The van der Waals surface area contributed by atoms with Gasteiger partial charge in [-0.3, -0.25) is 0 Å². The highest BCUT2D eigenvalue weighted by Gasteiger charge is 2.22. The van der Waals surface area contributed by atoms with Crippen LogP contribution in [0.25, 0.3) is 16.3 Å². The number of aromatic carboxylic acids is 1. The van der Waals surface area contributed by atoms with Crippen LogP contribution in [0.2, 0.25) is 0 Å². The lowest BCUT2D eigenvalue weighted by atomic mass is 9.78. The summed E-state index contributed by atoms with van der Waals surface area (Å²) in [4.78, 5) is 11.1. The molecule has 0 heterocycles. The minimum absolute atomic E-state index is 0.130. The molecule has 0 aromatic heterocycles. The van der Waals surface area contributed by atoms with Gasteiger partial charge in [-0.05, 0) is 51.9 Å². The standard InChI is InChI=1S/C26H25NO2/c1-26(2)15-5-7-21(16-26)24-22-8-4-3-6-19(22)13-14-23(24)27-17-18-9-11-20(12-10-18)25(28)29/h3-15,27H,16-17H2,1-2H3,(H,28,29). The van der Waals surface area contributed by atoms with Crippen molar-refractivity contribution in [3.63, 3.8) is 0 Å². The molecule has 0 saturated carbocycles. The number of carboxylic acids is 1. The minimum atomic E-state index is -0.902. The third-order valence-corrected chi connectivity index (χ3v) is 5.42. The predicted octanol–water partition coefficient (Wildman–Crippen LogP) is 6.52. The Bertz CT molecular complexity index is 1120. The van der Waals surface area contributed by atoms with Crippen molar-refractivity contribution in [2.75, 3.05) is 5.32 Å². The van der Waals surface area contributed by atoms with Gasteiger partial charge in [0.15, 0.2) is 0 Å². The lowest BCUT2D eigenvalue weighted by Gasteiger charge is -2.27. The van der Waals surface area contributed by atoms with Gasteiger partial charge < -0.3 is 10.4 Å². The first-order chi connectivity index (χ1) is 13.9. The monoisotopic (exact) mass is 383 g/mol. The summed E-state index contributed by atoms with van der Waals surface area (Å²) >= 11 is 0. The first-order valence-electron chi connectivity index (χ1n) is 9.90. The summed E-state index contributed by atoms with van der Waals surface area (Å²) in [5.41, 5.74) is 5.17. The van der Waals surface area contributed by atoms with Gasteiger partial charge in [-0.2, -0.15) is 0 Å². The maximum atomic E-state index is 11.1. The highest BCUT2D eigenvalue weighted by molar-refractivity contribution is 5.99. The minimum Gasteiger partial charge on any atom is -0.478 e. The molecule has 3 nitrogen and oxygen atoms in total. The van der Waals surface area contributed by atoms with Crippen molar-refractivity contribution >= 4 is 28.0 Å². The Kier molecular flexibility index (Phi) is 4.98. The molecule has 0 amide bonds. The molecule has 0 saturated heterocycles. The molecule has 3 aromatic carbocycles. The Morgan fingerprint density at radius 2 is 1.79 bits per heavy atom. The van der Waals surface area contributed by atoms with E-state index < -0.39 is 5.97 Å². The van der Waals surface area contributed by atoms with Crippen LogP contribution in [0.1, 0.15) is 41.8 Å². The number of anilines is 1. The van der Waals surface area contributed by atoms with Gasteiger partial charge in [0.2, 0.25) is 0 Å². The van der Waals surface area contributed by atoms with Crippen LogP contribution in [-0.4, -0.2) is 11.1 Å². The zero-order valence-corrected chi connectivity index (χ0v) is 16.8. The van der Waals surface area contributed by atoms with E-state index in [0.29, 0.717) is 12.1 Å². The second-order valence-corrected chi connectivity index (χ2v) is 8.28. The summed E-state index contributed by atoms with van der Waals surface area (Å²) in [7, 11) is 0. The Labute approximate surface area is 171 Å². The average Bonchev–Trinajstić information content (AvgIpc) is 2.71. The summed E-state index contributed by atoms with van der Waals surface area (Å²) in [5, 5.41) is 15.1. The fourth-order valence-electron chi connectivity index (χ4n) is 3.93. The molecule has 0 atom stereocenters.